The third-order valence-corrected chi connectivity index (χ3v) is 3.67. The van der Waals surface area contributed by atoms with Crippen LogP contribution >= 0.6 is 0 Å². The highest BCUT2D eigenvalue weighted by Gasteiger charge is 2.12. The number of pyridine rings is 1. The van der Waals surface area contributed by atoms with Crippen molar-refractivity contribution in [2.45, 2.75) is 20.8 Å². The Morgan fingerprint density at radius 1 is 0.826 bits per heavy atom. The Morgan fingerprint density at radius 3 is 2.22 bits per heavy atom. The second kappa shape index (κ2) is 6.16. The lowest BCUT2D eigenvalue weighted by Crippen LogP contribution is -2.00. The lowest BCUT2D eigenvalue weighted by molar-refractivity contribution is 0.416. The predicted molar refractivity (Wildman–Crippen MR) is 91.5 cm³/mol. The Bertz CT molecular complexity index is 839. The van der Waals surface area contributed by atoms with E-state index in [1.165, 1.54) is 0 Å². The minimum Gasteiger partial charge on any atom is -0.496 e. The predicted octanol–water partition coefficient (Wildman–Crippen LogP) is 4.14. The maximum absolute atomic E-state index is 5.44. The number of rotatable bonds is 3. The zero-order valence-electron chi connectivity index (χ0n) is 13.8. The molecule has 0 unspecified atom stereocenters. The fraction of sp³-hybridized carbons (Fsp3) is 0.211. The normalized spacial score (nSPS) is 10.6. The van der Waals surface area contributed by atoms with Crippen LogP contribution in [0.2, 0.25) is 0 Å². The summed E-state index contributed by atoms with van der Waals surface area (Å²) in [6, 6.07) is 13.9. The second-order valence-electron chi connectivity index (χ2n) is 5.54. The van der Waals surface area contributed by atoms with Gasteiger partial charge in [-0.05, 0) is 50.6 Å². The number of methoxy groups -OCH3 is 1. The highest BCUT2D eigenvalue weighted by molar-refractivity contribution is 5.70. The fourth-order valence-corrected chi connectivity index (χ4v) is 2.59. The van der Waals surface area contributed by atoms with Gasteiger partial charge in [-0.15, -0.1) is 0 Å². The Morgan fingerprint density at radius 2 is 1.52 bits per heavy atom. The zero-order chi connectivity index (χ0) is 16.4. The summed E-state index contributed by atoms with van der Waals surface area (Å²) in [6.45, 7) is 5.96. The number of aryl methyl sites for hydroxylation is 3. The molecular formula is C19H19N3O. The maximum atomic E-state index is 5.44. The molecular weight excluding hydrogens is 286 g/mol. The van der Waals surface area contributed by atoms with Crippen LogP contribution in [0.15, 0.2) is 42.5 Å². The van der Waals surface area contributed by atoms with Gasteiger partial charge < -0.3 is 4.74 Å². The average molecular weight is 305 g/mol. The van der Waals surface area contributed by atoms with Crippen molar-refractivity contribution < 1.29 is 4.74 Å². The highest BCUT2D eigenvalue weighted by atomic mass is 16.5. The molecule has 1 aromatic carbocycles. The number of hydrogen-bond donors (Lipinski definition) is 0. The van der Waals surface area contributed by atoms with Crippen LogP contribution in [-0.2, 0) is 0 Å². The molecule has 2 aromatic heterocycles. The first kappa shape index (κ1) is 15.2. The molecule has 0 fully saturated rings. The molecule has 4 nitrogen and oxygen atoms in total. The number of hydrogen-bond acceptors (Lipinski definition) is 4. The molecule has 116 valence electrons. The van der Waals surface area contributed by atoms with Gasteiger partial charge in [-0.2, -0.15) is 0 Å². The summed E-state index contributed by atoms with van der Waals surface area (Å²) in [5, 5.41) is 0. The summed E-state index contributed by atoms with van der Waals surface area (Å²) in [5.74, 6) is 1.47. The van der Waals surface area contributed by atoms with E-state index >= 15 is 0 Å². The molecule has 0 aliphatic rings. The summed E-state index contributed by atoms with van der Waals surface area (Å²) in [6.07, 6.45) is 0. The number of ether oxygens (including phenoxy) is 1. The molecule has 0 N–H and O–H groups in total. The van der Waals surface area contributed by atoms with Crippen LogP contribution in [0.1, 0.15) is 17.0 Å². The van der Waals surface area contributed by atoms with E-state index in [4.69, 9.17) is 9.72 Å². The molecule has 0 spiro atoms. The van der Waals surface area contributed by atoms with Gasteiger partial charge in [0.05, 0.1) is 12.8 Å². The van der Waals surface area contributed by atoms with Crippen LogP contribution in [0.3, 0.4) is 0 Å². The van der Waals surface area contributed by atoms with E-state index in [9.17, 15) is 0 Å². The monoisotopic (exact) mass is 305 g/mol. The van der Waals surface area contributed by atoms with Crippen LogP contribution in [0.4, 0.5) is 0 Å². The molecule has 0 saturated heterocycles. The third kappa shape index (κ3) is 3.06. The van der Waals surface area contributed by atoms with E-state index in [2.05, 4.69) is 9.97 Å². The topological polar surface area (TPSA) is 47.9 Å². The Labute approximate surface area is 136 Å². The Hall–Kier alpha value is -2.75. The molecule has 0 amide bonds. The second-order valence-corrected chi connectivity index (χ2v) is 5.54. The van der Waals surface area contributed by atoms with E-state index < -0.39 is 0 Å². The van der Waals surface area contributed by atoms with E-state index in [-0.39, 0.29) is 0 Å². The molecule has 3 rings (SSSR count). The van der Waals surface area contributed by atoms with Gasteiger partial charge in [-0.25, -0.2) is 15.0 Å². The van der Waals surface area contributed by atoms with Gasteiger partial charge in [0.25, 0.3) is 0 Å². The lowest BCUT2D eigenvalue weighted by Gasteiger charge is -2.11. The summed E-state index contributed by atoms with van der Waals surface area (Å²) < 4.78 is 5.44. The van der Waals surface area contributed by atoms with E-state index in [0.717, 1.165) is 39.7 Å². The maximum Gasteiger partial charge on any atom is 0.178 e. The van der Waals surface area contributed by atoms with Gasteiger partial charge in [0.15, 0.2) is 5.82 Å². The molecule has 0 atom stereocenters. The molecule has 2 heterocycles. The van der Waals surface area contributed by atoms with Crippen molar-refractivity contribution >= 4 is 0 Å². The molecule has 23 heavy (non-hydrogen) atoms. The first-order valence-electron chi connectivity index (χ1n) is 7.52. The van der Waals surface area contributed by atoms with Crippen LogP contribution in [-0.4, -0.2) is 22.1 Å². The lowest BCUT2D eigenvalue weighted by atomic mass is 10.1. The van der Waals surface area contributed by atoms with Crippen LogP contribution < -0.4 is 4.74 Å². The minimum absolute atomic E-state index is 0.664. The fourth-order valence-electron chi connectivity index (χ4n) is 2.59. The number of benzene rings is 1. The van der Waals surface area contributed by atoms with Crippen LogP contribution in [0, 0.1) is 20.8 Å². The number of nitrogens with zero attached hydrogens (tertiary/aromatic N) is 3. The van der Waals surface area contributed by atoms with Crippen molar-refractivity contribution in [3.63, 3.8) is 0 Å². The minimum atomic E-state index is 0.664. The van der Waals surface area contributed by atoms with Crippen molar-refractivity contribution in [2.24, 2.45) is 0 Å². The highest BCUT2D eigenvalue weighted by Crippen LogP contribution is 2.30. The van der Waals surface area contributed by atoms with Crippen molar-refractivity contribution in [3.05, 3.63) is 59.4 Å². The molecule has 3 aromatic rings. The van der Waals surface area contributed by atoms with Crippen LogP contribution in [0.25, 0.3) is 22.8 Å². The summed E-state index contributed by atoms with van der Waals surface area (Å²) in [4.78, 5) is 13.9. The van der Waals surface area contributed by atoms with Crippen LogP contribution in [0.5, 0.6) is 5.75 Å². The summed E-state index contributed by atoms with van der Waals surface area (Å²) >= 11 is 0. The average Bonchev–Trinajstić information content (AvgIpc) is 2.54. The summed E-state index contributed by atoms with van der Waals surface area (Å²) in [7, 11) is 1.67. The number of para-hydroxylation sites is 1. The van der Waals surface area contributed by atoms with E-state index in [0.29, 0.717) is 5.82 Å². The molecule has 0 radical (unpaired) electrons. The zero-order valence-corrected chi connectivity index (χ0v) is 13.8. The third-order valence-electron chi connectivity index (χ3n) is 3.67. The molecule has 0 bridgehead atoms. The SMILES string of the molecule is COc1ccccc1-c1ccc(C)c(-c2nc(C)cc(C)n2)n1. The molecule has 0 aliphatic heterocycles. The van der Waals surface area contributed by atoms with Crippen molar-refractivity contribution in [2.75, 3.05) is 7.11 Å². The van der Waals surface area contributed by atoms with Crippen molar-refractivity contribution in [3.8, 4) is 28.5 Å². The van der Waals surface area contributed by atoms with Gasteiger partial charge in [0, 0.05) is 17.0 Å². The van der Waals surface area contributed by atoms with E-state index in [1.54, 1.807) is 7.11 Å². The van der Waals surface area contributed by atoms with Crippen molar-refractivity contribution in [1.82, 2.24) is 15.0 Å². The number of aromatic nitrogens is 3. The quantitative estimate of drug-likeness (QED) is 0.729. The van der Waals surface area contributed by atoms with Gasteiger partial charge in [-0.3, -0.25) is 0 Å². The Kier molecular flexibility index (Phi) is 4.06. The molecule has 0 aliphatic carbocycles. The first-order chi connectivity index (χ1) is 11.1. The van der Waals surface area contributed by atoms with Gasteiger partial charge in [0.2, 0.25) is 0 Å². The largest absolute Gasteiger partial charge is 0.496 e. The smallest absolute Gasteiger partial charge is 0.178 e. The van der Waals surface area contributed by atoms with Gasteiger partial charge >= 0.3 is 0 Å². The standard InChI is InChI=1S/C19H19N3O/c1-12-9-10-16(15-7-5-6-8-17(15)23-4)22-18(12)19-20-13(2)11-14(3)21-19/h5-11H,1-4H3. The van der Waals surface area contributed by atoms with Crippen molar-refractivity contribution in [1.29, 1.82) is 0 Å². The van der Waals surface area contributed by atoms with Gasteiger partial charge in [0.1, 0.15) is 11.4 Å². The first-order valence-corrected chi connectivity index (χ1v) is 7.52. The van der Waals surface area contributed by atoms with Gasteiger partial charge in [-0.1, -0.05) is 18.2 Å². The Balaban J connectivity index is 2.16. The summed E-state index contributed by atoms with van der Waals surface area (Å²) in [5.41, 5.74) is 5.55. The molecule has 4 heteroatoms. The van der Waals surface area contributed by atoms with E-state index in [1.807, 2.05) is 63.2 Å². The molecule has 0 saturated carbocycles.